The van der Waals surface area contributed by atoms with Crippen molar-refractivity contribution in [3.63, 3.8) is 0 Å². The predicted octanol–water partition coefficient (Wildman–Crippen LogP) is 3.66. The van der Waals surface area contributed by atoms with E-state index in [4.69, 9.17) is 0 Å². The molecule has 0 amide bonds. The van der Waals surface area contributed by atoms with Gasteiger partial charge in [-0.1, -0.05) is 0 Å². The fourth-order valence-corrected chi connectivity index (χ4v) is 14.6. The minimum absolute atomic E-state index is 0.559. The van der Waals surface area contributed by atoms with E-state index in [9.17, 15) is 0 Å². The Morgan fingerprint density at radius 1 is 0.727 bits per heavy atom. The molecule has 0 aromatic heterocycles. The maximum absolute atomic E-state index is 2.50. The third kappa shape index (κ3) is 11.1. The molecule has 0 saturated carbocycles. The Hall–Kier alpha value is 1.12. The molecule has 0 nitrogen and oxygen atoms in total. The first-order valence-corrected chi connectivity index (χ1v) is 14.8. The third-order valence-corrected chi connectivity index (χ3v) is 20.4. The van der Waals surface area contributed by atoms with E-state index in [1.165, 1.54) is 0 Å². The van der Waals surface area contributed by atoms with Crippen LogP contribution in [0.25, 0.3) is 0 Å². The summed E-state index contributed by atoms with van der Waals surface area (Å²) in [4.78, 5) is 0. The molecule has 3 heteroatoms. The monoisotopic (exact) mass is 369 g/mol. The molecule has 0 unspecified atom stereocenters. The van der Waals surface area contributed by atoms with E-state index >= 15 is 0 Å². The summed E-state index contributed by atoms with van der Waals surface area (Å²) in [7, 11) is -1.37. The molecule has 0 rings (SSSR count). The molecule has 0 aliphatic carbocycles. The Bertz CT molecular complexity index is 96.2. The van der Waals surface area contributed by atoms with Crippen molar-refractivity contribution in [3.05, 3.63) is 0 Å². The van der Waals surface area contributed by atoms with Gasteiger partial charge in [-0.2, -0.15) is 0 Å². The Kier molecular flexibility index (Phi) is 4.83. The predicted molar refractivity (Wildman–Crippen MR) is 56.3 cm³/mol. The van der Waals surface area contributed by atoms with Crippen LogP contribution >= 0.6 is 0 Å². The minimum atomic E-state index is -0.685. The van der Waals surface area contributed by atoms with Crippen LogP contribution in [0.1, 0.15) is 0 Å². The summed E-state index contributed by atoms with van der Waals surface area (Å²) in [6.45, 7) is 15.0. The zero-order valence-corrected chi connectivity index (χ0v) is 13.0. The molecule has 0 bridgehead atoms. The first-order chi connectivity index (χ1) is 4.71. The number of rotatable bonds is 4. The van der Waals surface area contributed by atoms with Gasteiger partial charge in [-0.25, -0.2) is 0 Å². The quantitative estimate of drug-likeness (QED) is 0.664. The second-order valence-corrected chi connectivity index (χ2v) is 22.1. The van der Waals surface area contributed by atoms with Gasteiger partial charge in [0.05, 0.1) is 0 Å². The Morgan fingerprint density at radius 2 is 1.00 bits per heavy atom. The molecule has 11 heavy (non-hydrogen) atoms. The molecule has 0 aromatic rings. The summed E-state index contributed by atoms with van der Waals surface area (Å²) in [5.41, 5.74) is 0. The van der Waals surface area contributed by atoms with Crippen LogP contribution in [0.15, 0.2) is 0 Å². The standard InChI is InChI=1S/2C4H11Si.Pt/c2*1-5(2,3)4;/h2*1H2,2-4H3;. The molecule has 72 valence electrons. The van der Waals surface area contributed by atoms with Crippen molar-refractivity contribution in [2.45, 2.75) is 48.1 Å². The molecule has 0 radical (unpaired) electrons. The number of hydrogen-bond donors (Lipinski definition) is 0. The van der Waals surface area contributed by atoms with Gasteiger partial charge in [0.15, 0.2) is 0 Å². The molecule has 0 saturated heterocycles. The molecule has 0 aliphatic heterocycles. The van der Waals surface area contributed by atoms with Crippen molar-refractivity contribution in [2.75, 3.05) is 0 Å². The van der Waals surface area contributed by atoms with Crippen LogP contribution in [0.4, 0.5) is 0 Å². The van der Waals surface area contributed by atoms with E-state index in [0.29, 0.717) is 18.6 Å². The van der Waals surface area contributed by atoms with E-state index in [2.05, 4.69) is 39.3 Å². The molecular weight excluding hydrogens is 347 g/mol. The van der Waals surface area contributed by atoms with Crippen molar-refractivity contribution >= 4 is 16.1 Å². The first kappa shape index (κ1) is 12.1. The maximum atomic E-state index is 2.50. The fraction of sp³-hybridized carbons (Fsp3) is 1.00. The van der Waals surface area contributed by atoms with Gasteiger partial charge >= 0.3 is 82.9 Å². The normalized spacial score (nSPS) is 14.0. The molecule has 0 N–H and O–H groups in total. The van der Waals surface area contributed by atoms with Crippen LogP contribution in [0.3, 0.4) is 0 Å². The van der Waals surface area contributed by atoms with Crippen molar-refractivity contribution in [1.29, 1.82) is 0 Å². The molecule has 0 atom stereocenters. The summed E-state index contributed by atoms with van der Waals surface area (Å²) in [5.74, 6) is 0. The van der Waals surface area contributed by atoms with Crippen LogP contribution < -0.4 is 0 Å². The van der Waals surface area contributed by atoms with E-state index in [-0.39, 0.29) is 0 Å². The van der Waals surface area contributed by atoms with Crippen LogP contribution in [0.5, 0.6) is 0 Å². The van der Waals surface area contributed by atoms with Gasteiger partial charge in [0.25, 0.3) is 0 Å². The Balaban J connectivity index is 3.44. The second-order valence-electron chi connectivity index (χ2n) is 5.50. The van der Waals surface area contributed by atoms with Gasteiger partial charge in [0, 0.05) is 0 Å². The second kappa shape index (κ2) is 4.38. The van der Waals surface area contributed by atoms with Crippen LogP contribution in [0, 0.1) is 0 Å². The fourth-order valence-electron chi connectivity index (χ4n) is 0.514. The summed E-state index contributed by atoms with van der Waals surface area (Å²) < 4.78 is 3.27. The molecule has 0 aliphatic rings. The van der Waals surface area contributed by atoms with Crippen molar-refractivity contribution in [3.8, 4) is 0 Å². The summed E-state index contributed by atoms with van der Waals surface area (Å²) in [6.07, 6.45) is 0. The van der Waals surface area contributed by atoms with Gasteiger partial charge in [-0.05, 0) is 0 Å². The van der Waals surface area contributed by atoms with E-state index in [1.807, 2.05) is 0 Å². The SMILES string of the molecule is C[Si](C)(C)[CH2][Pt][CH2][Si](C)(C)C. The Labute approximate surface area is 82.7 Å². The molecule has 0 spiro atoms. The van der Waals surface area contributed by atoms with E-state index in [0.717, 1.165) is 0 Å². The number of hydrogen-bond acceptors (Lipinski definition) is 0. The van der Waals surface area contributed by atoms with Crippen molar-refractivity contribution in [2.24, 2.45) is 0 Å². The summed E-state index contributed by atoms with van der Waals surface area (Å²) in [6, 6.07) is 0. The van der Waals surface area contributed by atoms with E-state index in [1.54, 1.807) is 8.87 Å². The molecular formula is C8H22PtSi2. The Morgan fingerprint density at radius 3 is 1.18 bits per heavy atom. The van der Waals surface area contributed by atoms with Crippen molar-refractivity contribution in [1.82, 2.24) is 0 Å². The van der Waals surface area contributed by atoms with Gasteiger partial charge in [0.2, 0.25) is 0 Å². The molecule has 0 aromatic carbocycles. The van der Waals surface area contributed by atoms with Gasteiger partial charge in [0.1, 0.15) is 0 Å². The zero-order valence-electron chi connectivity index (χ0n) is 8.73. The van der Waals surface area contributed by atoms with Crippen LogP contribution in [0.2, 0.25) is 48.1 Å². The van der Waals surface area contributed by atoms with Crippen LogP contribution in [-0.2, 0) is 18.6 Å². The topological polar surface area (TPSA) is 0 Å². The zero-order chi connectivity index (χ0) is 9.12. The van der Waals surface area contributed by atoms with Gasteiger partial charge < -0.3 is 0 Å². The molecule has 0 heterocycles. The first-order valence-electron chi connectivity index (χ1n) is 4.15. The summed E-state index contributed by atoms with van der Waals surface area (Å²) >= 11 is 0.559. The van der Waals surface area contributed by atoms with Crippen LogP contribution in [-0.4, -0.2) is 16.1 Å². The van der Waals surface area contributed by atoms with Crippen molar-refractivity contribution < 1.29 is 18.6 Å². The average Bonchev–Trinajstić information content (AvgIpc) is 1.55. The van der Waals surface area contributed by atoms with Gasteiger partial charge in [-0.3, -0.25) is 0 Å². The van der Waals surface area contributed by atoms with Gasteiger partial charge in [-0.15, -0.1) is 0 Å². The average molecular weight is 370 g/mol. The van der Waals surface area contributed by atoms with E-state index < -0.39 is 16.1 Å². The molecule has 0 fully saturated rings. The third-order valence-electron chi connectivity index (χ3n) is 0.829. The summed E-state index contributed by atoms with van der Waals surface area (Å²) in [5, 5.41) is 0.